The molecule has 108 valence electrons. The smallest absolute Gasteiger partial charge is 0.412 e. The molecule has 0 heterocycles. The Kier molecular flexibility index (Phi) is 3.97. The van der Waals surface area contributed by atoms with Crippen LogP contribution < -0.4 is 5.32 Å². The highest BCUT2D eigenvalue weighted by Crippen LogP contribution is 2.25. The topological polar surface area (TPSA) is 70.9 Å². The molecule has 1 aromatic carbocycles. The van der Waals surface area contributed by atoms with Gasteiger partial charge in [0.25, 0.3) is 0 Å². The standard InChI is InChI=1S/C15H20N2O3/c1-15(2,3)20-14(18)16-11-7-8-12-10(9-11)5-4-6-13(12)17-19/h7-9,19H,4-6H2,1-3H3,(H,16,18). The number of anilines is 1. The van der Waals surface area contributed by atoms with Crippen molar-refractivity contribution in [2.45, 2.75) is 45.6 Å². The molecule has 1 amide bonds. The van der Waals surface area contributed by atoms with Gasteiger partial charge in [-0.3, -0.25) is 5.32 Å². The molecule has 2 N–H and O–H groups in total. The zero-order valence-corrected chi connectivity index (χ0v) is 12.1. The zero-order chi connectivity index (χ0) is 14.8. The molecule has 0 spiro atoms. The molecule has 1 aliphatic carbocycles. The van der Waals surface area contributed by atoms with Crippen molar-refractivity contribution in [1.29, 1.82) is 0 Å². The number of oxime groups is 1. The molecule has 0 saturated carbocycles. The summed E-state index contributed by atoms with van der Waals surface area (Å²) in [6.45, 7) is 5.47. The predicted octanol–water partition coefficient (Wildman–Crippen LogP) is 3.55. The highest BCUT2D eigenvalue weighted by molar-refractivity contribution is 6.02. The molecular formula is C15H20N2O3. The summed E-state index contributed by atoms with van der Waals surface area (Å²) in [7, 11) is 0. The number of carbonyl (C=O) groups is 1. The summed E-state index contributed by atoms with van der Waals surface area (Å²) in [5.74, 6) is 0. The normalized spacial score (nSPS) is 16.6. The molecule has 5 nitrogen and oxygen atoms in total. The maximum Gasteiger partial charge on any atom is 0.412 e. The number of aryl methyl sites for hydroxylation is 1. The Hall–Kier alpha value is -2.04. The van der Waals surface area contributed by atoms with Gasteiger partial charge in [-0.2, -0.15) is 0 Å². The Bertz CT molecular complexity index is 545. The lowest BCUT2D eigenvalue weighted by Gasteiger charge is -2.21. The van der Waals surface area contributed by atoms with E-state index in [9.17, 15) is 4.79 Å². The van der Waals surface area contributed by atoms with Crippen molar-refractivity contribution in [3.63, 3.8) is 0 Å². The first-order valence-corrected chi connectivity index (χ1v) is 6.73. The molecule has 0 aromatic heterocycles. The molecule has 20 heavy (non-hydrogen) atoms. The van der Waals surface area contributed by atoms with Crippen molar-refractivity contribution < 1.29 is 14.7 Å². The Morgan fingerprint density at radius 2 is 2.10 bits per heavy atom. The third-order valence-corrected chi connectivity index (χ3v) is 3.04. The second kappa shape index (κ2) is 5.53. The number of ether oxygens (including phenoxy) is 1. The quantitative estimate of drug-likeness (QED) is 0.608. The van der Waals surface area contributed by atoms with Crippen LogP contribution in [0.2, 0.25) is 0 Å². The molecule has 2 rings (SSSR count). The fourth-order valence-electron chi connectivity index (χ4n) is 2.27. The van der Waals surface area contributed by atoms with Crippen molar-refractivity contribution in [3.8, 4) is 0 Å². The van der Waals surface area contributed by atoms with Crippen LogP contribution in [0, 0.1) is 0 Å². The molecule has 5 heteroatoms. The fraction of sp³-hybridized carbons (Fsp3) is 0.467. The van der Waals surface area contributed by atoms with Crippen molar-refractivity contribution >= 4 is 17.5 Å². The Labute approximate surface area is 118 Å². The van der Waals surface area contributed by atoms with E-state index in [-0.39, 0.29) is 0 Å². The van der Waals surface area contributed by atoms with E-state index in [1.165, 1.54) is 0 Å². The van der Waals surface area contributed by atoms with Crippen LogP contribution in [0.5, 0.6) is 0 Å². The van der Waals surface area contributed by atoms with E-state index < -0.39 is 11.7 Å². The molecule has 0 saturated heterocycles. The van der Waals surface area contributed by atoms with Gasteiger partial charge < -0.3 is 9.94 Å². The minimum Gasteiger partial charge on any atom is -0.444 e. The molecule has 0 bridgehead atoms. The summed E-state index contributed by atoms with van der Waals surface area (Å²) >= 11 is 0. The maximum atomic E-state index is 11.7. The third kappa shape index (κ3) is 3.50. The summed E-state index contributed by atoms with van der Waals surface area (Å²) in [6.07, 6.45) is 2.17. The highest BCUT2D eigenvalue weighted by Gasteiger charge is 2.19. The van der Waals surface area contributed by atoms with Crippen LogP contribution >= 0.6 is 0 Å². The molecule has 1 aliphatic rings. The average molecular weight is 276 g/mol. The van der Waals surface area contributed by atoms with Crippen LogP contribution in [0.3, 0.4) is 0 Å². The lowest BCUT2D eigenvalue weighted by molar-refractivity contribution is 0.0636. The second-order valence-electron chi connectivity index (χ2n) is 5.90. The Morgan fingerprint density at radius 1 is 1.35 bits per heavy atom. The molecule has 0 fully saturated rings. The Morgan fingerprint density at radius 3 is 2.75 bits per heavy atom. The van der Waals surface area contributed by atoms with Gasteiger partial charge in [-0.05, 0) is 57.7 Å². The van der Waals surface area contributed by atoms with Gasteiger partial charge in [-0.1, -0.05) is 11.2 Å². The lowest BCUT2D eigenvalue weighted by atomic mass is 9.90. The average Bonchev–Trinajstić information content (AvgIpc) is 2.35. The molecular weight excluding hydrogens is 256 g/mol. The van der Waals surface area contributed by atoms with E-state index in [2.05, 4.69) is 10.5 Å². The number of rotatable bonds is 1. The van der Waals surface area contributed by atoms with Gasteiger partial charge in [-0.15, -0.1) is 0 Å². The van der Waals surface area contributed by atoms with Crippen molar-refractivity contribution in [1.82, 2.24) is 0 Å². The van der Waals surface area contributed by atoms with Crippen molar-refractivity contribution in [2.75, 3.05) is 5.32 Å². The largest absolute Gasteiger partial charge is 0.444 e. The van der Waals surface area contributed by atoms with Gasteiger partial charge in [0.15, 0.2) is 0 Å². The summed E-state index contributed by atoms with van der Waals surface area (Å²) in [4.78, 5) is 11.7. The zero-order valence-electron chi connectivity index (χ0n) is 12.1. The van der Waals surface area contributed by atoms with Crippen LogP contribution in [0.1, 0.15) is 44.7 Å². The SMILES string of the molecule is CC(C)(C)OC(=O)Nc1ccc2c(c1)CCCC2=NO. The number of amides is 1. The van der Waals surface area contributed by atoms with Gasteiger partial charge >= 0.3 is 6.09 Å². The highest BCUT2D eigenvalue weighted by atomic mass is 16.6. The molecule has 0 unspecified atom stereocenters. The summed E-state index contributed by atoms with van der Waals surface area (Å²) in [5.41, 5.74) is 2.91. The van der Waals surface area contributed by atoms with Gasteiger partial charge in [-0.25, -0.2) is 4.79 Å². The van der Waals surface area contributed by atoms with Crippen LogP contribution in [0.4, 0.5) is 10.5 Å². The maximum absolute atomic E-state index is 11.7. The van der Waals surface area contributed by atoms with E-state index >= 15 is 0 Å². The number of hydrogen-bond donors (Lipinski definition) is 2. The van der Waals surface area contributed by atoms with E-state index in [1.54, 1.807) is 6.07 Å². The first-order chi connectivity index (χ1) is 9.39. The number of carbonyl (C=O) groups excluding carboxylic acids is 1. The van der Waals surface area contributed by atoms with Crippen molar-refractivity contribution in [3.05, 3.63) is 29.3 Å². The second-order valence-corrected chi connectivity index (χ2v) is 5.90. The van der Waals surface area contributed by atoms with Gasteiger partial charge in [0.05, 0.1) is 5.71 Å². The third-order valence-electron chi connectivity index (χ3n) is 3.04. The summed E-state index contributed by atoms with van der Waals surface area (Å²) < 4.78 is 5.21. The molecule has 0 aliphatic heterocycles. The number of hydrogen-bond acceptors (Lipinski definition) is 4. The van der Waals surface area contributed by atoms with E-state index in [0.29, 0.717) is 11.4 Å². The number of nitrogens with zero attached hydrogens (tertiary/aromatic N) is 1. The van der Waals surface area contributed by atoms with E-state index in [1.807, 2.05) is 32.9 Å². The minimum atomic E-state index is -0.519. The number of benzene rings is 1. The van der Waals surface area contributed by atoms with E-state index in [4.69, 9.17) is 9.94 Å². The predicted molar refractivity (Wildman–Crippen MR) is 77.6 cm³/mol. The first-order valence-electron chi connectivity index (χ1n) is 6.73. The summed E-state index contributed by atoms with van der Waals surface area (Å²) in [5, 5.41) is 15.0. The van der Waals surface area contributed by atoms with Crippen LogP contribution in [0.15, 0.2) is 23.4 Å². The lowest BCUT2D eigenvalue weighted by Crippen LogP contribution is -2.27. The van der Waals surface area contributed by atoms with Gasteiger partial charge in [0.2, 0.25) is 0 Å². The summed E-state index contributed by atoms with van der Waals surface area (Å²) in [6, 6.07) is 5.57. The molecule has 1 aromatic rings. The monoisotopic (exact) mass is 276 g/mol. The van der Waals surface area contributed by atoms with Gasteiger partial charge in [0.1, 0.15) is 5.60 Å². The van der Waals surface area contributed by atoms with Crippen LogP contribution in [0.25, 0.3) is 0 Å². The number of nitrogens with one attached hydrogen (secondary N) is 1. The van der Waals surface area contributed by atoms with Gasteiger partial charge in [0, 0.05) is 11.3 Å². The van der Waals surface area contributed by atoms with E-state index in [0.717, 1.165) is 30.4 Å². The van der Waals surface area contributed by atoms with Crippen LogP contribution in [-0.2, 0) is 11.2 Å². The van der Waals surface area contributed by atoms with Crippen molar-refractivity contribution in [2.24, 2.45) is 5.16 Å². The first kappa shape index (κ1) is 14.4. The van der Waals surface area contributed by atoms with Crippen LogP contribution in [-0.4, -0.2) is 22.6 Å². The molecule has 0 radical (unpaired) electrons. The molecule has 0 atom stereocenters. The fourth-order valence-corrected chi connectivity index (χ4v) is 2.27. The minimum absolute atomic E-state index is 0.468. The Balaban J connectivity index is 2.14. The number of fused-ring (bicyclic) bond motifs is 1.